The number of carbonyl (C=O) groups excluding carboxylic acids is 1. The van der Waals surface area contributed by atoms with Crippen LogP contribution in [-0.2, 0) is 9.53 Å². The lowest BCUT2D eigenvalue weighted by molar-refractivity contribution is -0.146. The van der Waals surface area contributed by atoms with E-state index in [0.29, 0.717) is 40.0 Å². The van der Waals surface area contributed by atoms with Gasteiger partial charge in [0.2, 0.25) is 5.95 Å². The van der Waals surface area contributed by atoms with Crippen molar-refractivity contribution in [2.45, 2.75) is 51.2 Å². The van der Waals surface area contributed by atoms with E-state index in [1.54, 1.807) is 38.1 Å². The van der Waals surface area contributed by atoms with Crippen LogP contribution < -0.4 is 19.5 Å². The quantitative estimate of drug-likeness (QED) is 0.693. The SMILES string of the molecule is COc1cc(OC)c([C@H]2C(C(=O)OC3CCCCC3)=C(C)Nc3nnnn32)cc1OC. The van der Waals surface area contributed by atoms with E-state index in [1.807, 2.05) is 6.92 Å². The van der Waals surface area contributed by atoms with E-state index in [0.717, 1.165) is 25.7 Å². The summed E-state index contributed by atoms with van der Waals surface area (Å²) >= 11 is 0. The third-order valence-electron chi connectivity index (χ3n) is 5.79. The fraction of sp³-hybridized carbons (Fsp3) is 0.524. The Morgan fingerprint density at radius 1 is 1.03 bits per heavy atom. The predicted octanol–water partition coefficient (Wildman–Crippen LogP) is 2.86. The lowest BCUT2D eigenvalue weighted by atomic mass is 9.93. The van der Waals surface area contributed by atoms with E-state index in [2.05, 4.69) is 20.8 Å². The molecule has 1 aliphatic carbocycles. The molecule has 0 amide bonds. The van der Waals surface area contributed by atoms with Gasteiger partial charge in [0.15, 0.2) is 11.5 Å². The normalized spacial score (nSPS) is 18.8. The standard InChI is InChI=1S/C21H27N5O5/c1-12-18(20(27)31-13-8-6-5-7-9-13)19(26-21(22-12)23-24-25-26)14-10-16(29-3)17(30-4)11-15(14)28-2/h10-11,13,19H,5-9H2,1-4H3,(H,22,23,25)/t19-/m0/s1. The molecule has 10 nitrogen and oxygen atoms in total. The molecule has 0 unspecified atom stereocenters. The second-order valence-electron chi connectivity index (χ2n) is 7.63. The van der Waals surface area contributed by atoms with Gasteiger partial charge in [-0.1, -0.05) is 11.5 Å². The van der Waals surface area contributed by atoms with Gasteiger partial charge in [0, 0.05) is 17.3 Å². The molecule has 10 heteroatoms. The highest BCUT2D eigenvalue weighted by atomic mass is 16.5. The van der Waals surface area contributed by atoms with Crippen LogP contribution in [0.2, 0.25) is 0 Å². The Bertz CT molecular complexity index is 996. The minimum Gasteiger partial charge on any atom is -0.496 e. The first-order chi connectivity index (χ1) is 15.1. The summed E-state index contributed by atoms with van der Waals surface area (Å²) in [4.78, 5) is 13.4. The lowest BCUT2D eigenvalue weighted by Gasteiger charge is -2.30. The maximum atomic E-state index is 13.4. The Kier molecular flexibility index (Phi) is 5.97. The summed E-state index contributed by atoms with van der Waals surface area (Å²) < 4.78 is 24.0. The summed E-state index contributed by atoms with van der Waals surface area (Å²) in [6.45, 7) is 1.82. The molecule has 1 aliphatic heterocycles. The molecule has 1 saturated carbocycles. The van der Waals surface area contributed by atoms with Gasteiger partial charge in [-0.05, 0) is 49.1 Å². The molecular weight excluding hydrogens is 402 g/mol. The number of carbonyl (C=O) groups is 1. The minimum atomic E-state index is -0.655. The number of fused-ring (bicyclic) bond motifs is 1. The number of anilines is 1. The molecule has 0 radical (unpaired) electrons. The van der Waals surface area contributed by atoms with E-state index in [4.69, 9.17) is 18.9 Å². The zero-order chi connectivity index (χ0) is 22.0. The van der Waals surface area contributed by atoms with Crippen molar-refractivity contribution in [1.29, 1.82) is 0 Å². The number of nitrogens with zero attached hydrogens (tertiary/aromatic N) is 4. The minimum absolute atomic E-state index is 0.0789. The summed E-state index contributed by atoms with van der Waals surface area (Å²) in [7, 11) is 4.67. The molecule has 2 heterocycles. The van der Waals surface area contributed by atoms with E-state index in [9.17, 15) is 4.79 Å². The molecule has 2 aromatic rings. The Hall–Kier alpha value is -3.30. The van der Waals surface area contributed by atoms with Crippen LogP contribution in [-0.4, -0.2) is 53.6 Å². The average molecular weight is 429 g/mol. The molecule has 0 spiro atoms. The molecule has 166 valence electrons. The van der Waals surface area contributed by atoms with Gasteiger partial charge in [-0.15, -0.1) is 0 Å². The van der Waals surface area contributed by atoms with Crippen molar-refractivity contribution in [2.24, 2.45) is 0 Å². The number of hydrogen-bond acceptors (Lipinski definition) is 9. The summed E-state index contributed by atoms with van der Waals surface area (Å²) in [5, 5.41) is 15.0. The monoisotopic (exact) mass is 429 g/mol. The third-order valence-corrected chi connectivity index (χ3v) is 5.79. The Morgan fingerprint density at radius 3 is 2.39 bits per heavy atom. The number of esters is 1. The van der Waals surface area contributed by atoms with Crippen molar-refractivity contribution < 1.29 is 23.7 Å². The van der Waals surface area contributed by atoms with Crippen molar-refractivity contribution in [3.63, 3.8) is 0 Å². The van der Waals surface area contributed by atoms with Crippen LogP contribution in [0, 0.1) is 0 Å². The van der Waals surface area contributed by atoms with Crippen LogP contribution in [0.15, 0.2) is 23.4 Å². The van der Waals surface area contributed by atoms with Crippen LogP contribution in [0.3, 0.4) is 0 Å². The van der Waals surface area contributed by atoms with Gasteiger partial charge < -0.3 is 24.3 Å². The first-order valence-electron chi connectivity index (χ1n) is 10.3. The number of ether oxygens (including phenoxy) is 4. The van der Waals surface area contributed by atoms with Gasteiger partial charge >= 0.3 is 5.97 Å². The lowest BCUT2D eigenvalue weighted by Crippen LogP contribution is -2.32. The van der Waals surface area contributed by atoms with Gasteiger partial charge in [0.25, 0.3) is 0 Å². The number of aromatic nitrogens is 4. The molecule has 0 saturated heterocycles. The van der Waals surface area contributed by atoms with Crippen LogP contribution in [0.5, 0.6) is 17.2 Å². The van der Waals surface area contributed by atoms with Gasteiger partial charge in [-0.2, -0.15) is 4.68 Å². The molecule has 1 fully saturated rings. The van der Waals surface area contributed by atoms with E-state index < -0.39 is 6.04 Å². The number of benzene rings is 1. The van der Waals surface area contributed by atoms with E-state index in [1.165, 1.54) is 6.42 Å². The largest absolute Gasteiger partial charge is 0.496 e. The molecule has 31 heavy (non-hydrogen) atoms. The summed E-state index contributed by atoms with van der Waals surface area (Å²) in [5.41, 5.74) is 1.71. The van der Waals surface area contributed by atoms with Crippen LogP contribution in [0.4, 0.5) is 5.95 Å². The predicted molar refractivity (Wildman–Crippen MR) is 111 cm³/mol. The molecule has 2 aliphatic rings. The molecule has 0 bridgehead atoms. The van der Waals surface area contributed by atoms with E-state index >= 15 is 0 Å². The van der Waals surface area contributed by atoms with Gasteiger partial charge in [0.1, 0.15) is 17.9 Å². The second-order valence-corrected chi connectivity index (χ2v) is 7.63. The van der Waals surface area contributed by atoms with Crippen LogP contribution in [0.1, 0.15) is 50.6 Å². The number of hydrogen-bond donors (Lipinski definition) is 1. The smallest absolute Gasteiger partial charge is 0.338 e. The van der Waals surface area contributed by atoms with Crippen LogP contribution >= 0.6 is 0 Å². The summed E-state index contributed by atoms with van der Waals surface area (Å²) in [6.07, 6.45) is 5.00. The molecule has 1 atom stereocenters. The summed E-state index contributed by atoms with van der Waals surface area (Å²) in [6, 6.07) is 2.84. The van der Waals surface area contributed by atoms with E-state index in [-0.39, 0.29) is 12.1 Å². The van der Waals surface area contributed by atoms with Crippen molar-refractivity contribution in [3.05, 3.63) is 29.0 Å². The van der Waals surface area contributed by atoms with Crippen molar-refractivity contribution in [3.8, 4) is 17.2 Å². The first-order valence-corrected chi connectivity index (χ1v) is 10.3. The Morgan fingerprint density at radius 2 is 1.71 bits per heavy atom. The summed E-state index contributed by atoms with van der Waals surface area (Å²) in [5.74, 6) is 1.57. The maximum absolute atomic E-state index is 13.4. The fourth-order valence-corrected chi connectivity index (χ4v) is 4.23. The molecular formula is C21H27N5O5. The molecule has 4 rings (SSSR count). The van der Waals surface area contributed by atoms with Crippen molar-refractivity contribution in [2.75, 3.05) is 26.6 Å². The van der Waals surface area contributed by atoms with Crippen LogP contribution in [0.25, 0.3) is 0 Å². The fourth-order valence-electron chi connectivity index (χ4n) is 4.23. The van der Waals surface area contributed by atoms with Crippen molar-refractivity contribution >= 4 is 11.9 Å². The average Bonchev–Trinajstić information content (AvgIpc) is 3.25. The number of rotatable bonds is 6. The Balaban J connectivity index is 1.80. The maximum Gasteiger partial charge on any atom is 0.338 e. The Labute approximate surface area is 180 Å². The zero-order valence-corrected chi connectivity index (χ0v) is 18.2. The van der Waals surface area contributed by atoms with Gasteiger partial charge in [-0.3, -0.25) is 0 Å². The number of tetrazole rings is 1. The molecule has 1 aromatic carbocycles. The molecule has 1 N–H and O–H groups in total. The number of nitrogens with one attached hydrogen (secondary N) is 1. The van der Waals surface area contributed by atoms with Crippen molar-refractivity contribution in [1.82, 2.24) is 20.2 Å². The first kappa shape index (κ1) is 21.0. The third kappa shape index (κ3) is 3.89. The highest BCUT2D eigenvalue weighted by molar-refractivity contribution is 5.92. The highest BCUT2D eigenvalue weighted by Gasteiger charge is 2.38. The number of methoxy groups -OCH3 is 3. The van der Waals surface area contributed by atoms with Gasteiger partial charge in [-0.25, -0.2) is 4.79 Å². The zero-order valence-electron chi connectivity index (χ0n) is 18.2. The highest BCUT2D eigenvalue weighted by Crippen LogP contribution is 2.44. The number of allylic oxidation sites excluding steroid dienone is 1. The van der Waals surface area contributed by atoms with Gasteiger partial charge in [0.05, 0.1) is 26.9 Å². The molecule has 1 aromatic heterocycles. The second kappa shape index (κ2) is 8.83. The topological polar surface area (TPSA) is 110 Å².